The lowest BCUT2D eigenvalue weighted by atomic mass is 9.80. The van der Waals surface area contributed by atoms with Gasteiger partial charge in [-0.2, -0.15) is 0 Å². The van der Waals surface area contributed by atoms with Crippen molar-refractivity contribution in [3.63, 3.8) is 0 Å². The second-order valence-electron chi connectivity index (χ2n) is 9.66. The molecule has 3 atom stereocenters. The van der Waals surface area contributed by atoms with Crippen molar-refractivity contribution in [1.82, 2.24) is 0 Å². The van der Waals surface area contributed by atoms with Gasteiger partial charge in [-0.15, -0.1) is 24.8 Å². The van der Waals surface area contributed by atoms with E-state index in [2.05, 4.69) is 13.0 Å². The average Bonchev–Trinajstić information content (AvgIpc) is 3.07. The number of nitrogens with zero attached hydrogens (tertiary/aromatic N) is 2. The van der Waals surface area contributed by atoms with E-state index < -0.39 is 11.7 Å². The van der Waals surface area contributed by atoms with Gasteiger partial charge in [0.15, 0.2) is 0 Å². The van der Waals surface area contributed by atoms with Crippen LogP contribution in [0.15, 0.2) is 47.5 Å². The van der Waals surface area contributed by atoms with Crippen molar-refractivity contribution in [2.24, 2.45) is 22.6 Å². The highest BCUT2D eigenvalue weighted by Gasteiger charge is 2.40. The number of ether oxygens (including phenoxy) is 1. The van der Waals surface area contributed by atoms with Crippen molar-refractivity contribution in [2.75, 3.05) is 4.90 Å². The zero-order valence-electron chi connectivity index (χ0n) is 19.4. The Morgan fingerprint density at radius 2 is 1.91 bits per heavy atom. The van der Waals surface area contributed by atoms with E-state index in [1.807, 2.05) is 57.2 Å². The molecule has 0 spiro atoms. The van der Waals surface area contributed by atoms with Crippen molar-refractivity contribution in [3.8, 4) is 0 Å². The monoisotopic (exact) mass is 511 g/mol. The number of amides is 1. The van der Waals surface area contributed by atoms with Gasteiger partial charge in [0.2, 0.25) is 0 Å². The maximum atomic E-state index is 13.1. The van der Waals surface area contributed by atoms with E-state index in [1.165, 1.54) is 5.56 Å². The molecule has 4 rings (SSSR count). The summed E-state index contributed by atoms with van der Waals surface area (Å²) >= 11 is 6.17. The molecule has 2 N–H and O–H groups in total. The zero-order chi connectivity index (χ0) is 22.3. The fourth-order valence-electron chi connectivity index (χ4n) is 4.75. The molecule has 5 nitrogen and oxygen atoms in total. The van der Waals surface area contributed by atoms with Gasteiger partial charge < -0.3 is 10.5 Å². The smallest absolute Gasteiger partial charge is 0.415 e. The molecule has 1 aliphatic heterocycles. The number of nitrogens with two attached hydrogens (primary N) is 1. The van der Waals surface area contributed by atoms with E-state index in [4.69, 9.17) is 27.1 Å². The predicted molar refractivity (Wildman–Crippen MR) is 141 cm³/mol. The van der Waals surface area contributed by atoms with E-state index in [9.17, 15) is 4.79 Å². The van der Waals surface area contributed by atoms with E-state index in [0.717, 1.165) is 29.8 Å². The van der Waals surface area contributed by atoms with Crippen LogP contribution in [0, 0.1) is 11.8 Å². The number of anilines is 1. The van der Waals surface area contributed by atoms with Gasteiger partial charge in [0.05, 0.1) is 12.2 Å². The maximum Gasteiger partial charge on any atom is 0.415 e. The Morgan fingerprint density at radius 1 is 1.18 bits per heavy atom. The first-order valence-electron chi connectivity index (χ1n) is 10.9. The minimum Gasteiger partial charge on any atom is -0.443 e. The quantitative estimate of drug-likeness (QED) is 0.470. The molecule has 1 fully saturated rings. The summed E-state index contributed by atoms with van der Waals surface area (Å²) in [5.41, 5.74) is 9.46. The summed E-state index contributed by atoms with van der Waals surface area (Å²) in [6, 6.07) is 13.6. The Labute approximate surface area is 213 Å². The Bertz CT molecular complexity index is 1040. The van der Waals surface area contributed by atoms with Gasteiger partial charge in [-0.25, -0.2) is 9.79 Å². The van der Waals surface area contributed by atoms with Gasteiger partial charge in [0.1, 0.15) is 11.4 Å². The van der Waals surface area contributed by atoms with Crippen LogP contribution in [0.3, 0.4) is 0 Å². The van der Waals surface area contributed by atoms with Crippen LogP contribution in [-0.4, -0.2) is 17.5 Å². The molecule has 0 bridgehead atoms. The molecule has 2 aliphatic rings. The van der Waals surface area contributed by atoms with Crippen LogP contribution in [0.2, 0.25) is 5.02 Å². The highest BCUT2D eigenvalue weighted by Crippen LogP contribution is 2.50. The Morgan fingerprint density at radius 3 is 2.58 bits per heavy atom. The lowest BCUT2D eigenvalue weighted by Gasteiger charge is -2.31. The highest BCUT2D eigenvalue weighted by molar-refractivity contribution is 6.30. The number of aliphatic imine (C=N–C) groups is 1. The van der Waals surface area contributed by atoms with Crippen LogP contribution in [0.25, 0.3) is 0 Å². The Kier molecular flexibility index (Phi) is 8.72. The second-order valence-corrected chi connectivity index (χ2v) is 10.1. The first kappa shape index (κ1) is 27.3. The molecule has 8 heteroatoms. The SMILES string of the molecule is CC1CCC2C(N)=Nc3cc(N(Cc4cccc(Cl)c4)C(=O)OC(C)(C)C)ccc3C12.Cl.Cl. The molecule has 0 aromatic heterocycles. The lowest BCUT2D eigenvalue weighted by Crippen LogP contribution is -2.36. The molecule has 33 heavy (non-hydrogen) atoms. The van der Waals surface area contributed by atoms with E-state index in [0.29, 0.717) is 35.2 Å². The first-order chi connectivity index (χ1) is 14.6. The first-order valence-corrected chi connectivity index (χ1v) is 11.2. The molecule has 1 amide bonds. The van der Waals surface area contributed by atoms with Crippen molar-refractivity contribution in [3.05, 3.63) is 58.6 Å². The van der Waals surface area contributed by atoms with Crippen molar-refractivity contribution < 1.29 is 9.53 Å². The molecule has 0 radical (unpaired) electrons. The van der Waals surface area contributed by atoms with Crippen LogP contribution in [0.4, 0.5) is 16.2 Å². The van der Waals surface area contributed by atoms with Gasteiger partial charge in [-0.05, 0) is 80.8 Å². The van der Waals surface area contributed by atoms with E-state index in [1.54, 1.807) is 4.90 Å². The predicted octanol–water partition coefficient (Wildman–Crippen LogP) is 7.26. The fraction of sp³-hybridized carbons (Fsp3) is 0.440. The largest absolute Gasteiger partial charge is 0.443 e. The number of carbonyl (C=O) groups is 1. The summed E-state index contributed by atoms with van der Waals surface area (Å²) in [5, 5.41) is 0.630. The van der Waals surface area contributed by atoms with E-state index >= 15 is 0 Å². The van der Waals surface area contributed by atoms with Gasteiger partial charge in [0, 0.05) is 16.6 Å². The third-order valence-corrected chi connectivity index (χ3v) is 6.37. The van der Waals surface area contributed by atoms with Gasteiger partial charge in [0.25, 0.3) is 0 Å². The summed E-state index contributed by atoms with van der Waals surface area (Å²) in [5.74, 6) is 1.99. The number of amidine groups is 1. The molecule has 2 aromatic rings. The van der Waals surface area contributed by atoms with Crippen LogP contribution in [0.5, 0.6) is 0 Å². The number of halogens is 3. The summed E-state index contributed by atoms with van der Waals surface area (Å²) in [6.07, 6.45) is 1.83. The topological polar surface area (TPSA) is 67.9 Å². The molecule has 180 valence electrons. The molecule has 1 heterocycles. The van der Waals surface area contributed by atoms with Crippen LogP contribution in [0.1, 0.15) is 57.6 Å². The van der Waals surface area contributed by atoms with Crippen LogP contribution < -0.4 is 10.6 Å². The summed E-state index contributed by atoms with van der Waals surface area (Å²) < 4.78 is 5.70. The van der Waals surface area contributed by atoms with Crippen molar-refractivity contribution in [2.45, 2.75) is 58.6 Å². The van der Waals surface area contributed by atoms with Crippen LogP contribution in [-0.2, 0) is 11.3 Å². The number of rotatable bonds is 3. The van der Waals surface area contributed by atoms with Gasteiger partial charge in [-0.1, -0.05) is 36.7 Å². The molecule has 2 aromatic carbocycles. The molecule has 1 saturated carbocycles. The number of benzene rings is 2. The number of hydrogen-bond acceptors (Lipinski definition) is 4. The van der Waals surface area contributed by atoms with Gasteiger partial charge in [-0.3, -0.25) is 4.90 Å². The number of hydrogen-bond donors (Lipinski definition) is 1. The third kappa shape index (κ3) is 5.95. The summed E-state index contributed by atoms with van der Waals surface area (Å²) in [7, 11) is 0. The number of carbonyl (C=O) groups excluding carboxylic acids is 1. The van der Waals surface area contributed by atoms with E-state index in [-0.39, 0.29) is 24.8 Å². The second kappa shape index (κ2) is 10.5. The molecular weight excluding hydrogens is 481 g/mol. The zero-order valence-corrected chi connectivity index (χ0v) is 21.8. The molecule has 3 unspecified atom stereocenters. The minimum absolute atomic E-state index is 0. The van der Waals surface area contributed by atoms with Crippen molar-refractivity contribution >= 4 is 59.7 Å². The summed E-state index contributed by atoms with van der Waals surface area (Å²) in [6.45, 7) is 8.22. The molecule has 0 saturated heterocycles. The highest BCUT2D eigenvalue weighted by atomic mass is 35.5. The lowest BCUT2D eigenvalue weighted by molar-refractivity contribution is 0.0577. The van der Waals surface area contributed by atoms with Crippen LogP contribution >= 0.6 is 36.4 Å². The Hall–Kier alpha value is -1.95. The maximum absolute atomic E-state index is 13.1. The summed E-state index contributed by atoms with van der Waals surface area (Å²) in [4.78, 5) is 19.5. The normalized spacial score (nSPS) is 21.0. The Balaban J connectivity index is 0.00000193. The van der Waals surface area contributed by atoms with Crippen molar-refractivity contribution in [1.29, 1.82) is 0 Å². The minimum atomic E-state index is -0.604. The number of fused-ring (bicyclic) bond motifs is 3. The average molecular weight is 513 g/mol. The molecular formula is C25H32Cl3N3O2. The fourth-order valence-corrected chi connectivity index (χ4v) is 4.96. The standard InChI is InChI=1S/C25H30ClN3O2.2ClH/c1-15-8-10-20-22(15)19-11-9-18(13-21(19)28-23(20)27)29(24(30)31-25(2,3)4)14-16-6-5-7-17(26)12-16;;/h5-7,9,11-13,15,20,22H,8,10,14H2,1-4H3,(H2,27,28);2*1H. The van der Waals surface area contributed by atoms with Gasteiger partial charge >= 0.3 is 6.09 Å². The third-order valence-electron chi connectivity index (χ3n) is 6.14. The molecule has 1 aliphatic carbocycles.